The molecule has 0 bridgehead atoms. The molecule has 1 unspecified atom stereocenters. The van der Waals surface area contributed by atoms with Crippen LogP contribution in [0, 0.1) is 0 Å². The number of hydrogen-bond donors (Lipinski definition) is 2. The molecule has 0 radical (unpaired) electrons. The van der Waals surface area contributed by atoms with Gasteiger partial charge in [-0.25, -0.2) is 0 Å². The summed E-state index contributed by atoms with van der Waals surface area (Å²) in [5, 5.41) is 9.68. The highest BCUT2D eigenvalue weighted by Gasteiger charge is 2.29. The maximum atomic E-state index is 12.0. The lowest BCUT2D eigenvalue weighted by molar-refractivity contribution is 0.0853. The van der Waals surface area contributed by atoms with Crippen LogP contribution in [0.3, 0.4) is 0 Å². The van der Waals surface area contributed by atoms with E-state index in [1.807, 2.05) is 0 Å². The lowest BCUT2D eigenvalue weighted by Crippen LogP contribution is -2.32. The number of hydrogen-bond acceptors (Lipinski definition) is 3. The third-order valence-electron chi connectivity index (χ3n) is 3.43. The Balaban J connectivity index is 1.58. The Morgan fingerprint density at radius 3 is 3.12 bits per heavy atom. The second-order valence-corrected chi connectivity index (χ2v) is 4.82. The van der Waals surface area contributed by atoms with Gasteiger partial charge in [0, 0.05) is 18.7 Å². The van der Waals surface area contributed by atoms with Crippen molar-refractivity contribution in [3.63, 3.8) is 0 Å². The van der Waals surface area contributed by atoms with E-state index in [0.717, 1.165) is 25.0 Å². The number of aromatic nitrogens is 2. The lowest BCUT2D eigenvalue weighted by Gasteiger charge is -2.10. The summed E-state index contributed by atoms with van der Waals surface area (Å²) in [5.41, 5.74) is 1.69. The second kappa shape index (κ2) is 4.49. The third kappa shape index (κ3) is 2.34. The molecule has 92 valence electrons. The fourth-order valence-corrected chi connectivity index (χ4v) is 2.28. The van der Waals surface area contributed by atoms with Crippen molar-refractivity contribution in [1.29, 1.82) is 0 Å². The maximum Gasteiger partial charge on any atom is 0.269 e. The average molecular weight is 235 g/mol. The fourth-order valence-electron chi connectivity index (χ4n) is 2.28. The van der Waals surface area contributed by atoms with Crippen LogP contribution in [0.2, 0.25) is 0 Å². The van der Waals surface area contributed by atoms with Crippen molar-refractivity contribution < 1.29 is 9.53 Å². The van der Waals surface area contributed by atoms with Crippen LogP contribution >= 0.6 is 0 Å². The molecule has 5 heteroatoms. The topological polar surface area (TPSA) is 67.0 Å². The standard InChI is InChI=1S/C12H17N3O2/c16-12(13-6-9-2-1-5-17-9)11-10(7-14-15-11)8-3-4-8/h7-9H,1-6H2,(H,13,16)(H,14,15). The minimum Gasteiger partial charge on any atom is -0.376 e. The Morgan fingerprint density at radius 1 is 1.53 bits per heavy atom. The number of carbonyl (C=O) groups excluding carboxylic acids is 1. The van der Waals surface area contributed by atoms with Crippen molar-refractivity contribution in [2.45, 2.75) is 37.7 Å². The highest BCUT2D eigenvalue weighted by Crippen LogP contribution is 2.40. The Labute approximate surface area is 99.9 Å². The first kappa shape index (κ1) is 10.8. The predicted molar refractivity (Wildman–Crippen MR) is 61.9 cm³/mol. The number of aromatic amines is 1. The molecule has 1 saturated heterocycles. The van der Waals surface area contributed by atoms with Gasteiger partial charge in [0.1, 0.15) is 5.69 Å². The van der Waals surface area contributed by atoms with Crippen LogP contribution in [0.1, 0.15) is 47.7 Å². The fraction of sp³-hybridized carbons (Fsp3) is 0.667. The number of carbonyl (C=O) groups is 1. The number of nitrogens with one attached hydrogen (secondary N) is 2. The van der Waals surface area contributed by atoms with Gasteiger partial charge in [0.15, 0.2) is 0 Å². The van der Waals surface area contributed by atoms with Gasteiger partial charge >= 0.3 is 0 Å². The zero-order valence-electron chi connectivity index (χ0n) is 9.74. The molecular formula is C12H17N3O2. The van der Waals surface area contributed by atoms with E-state index < -0.39 is 0 Å². The average Bonchev–Trinajstić information content (AvgIpc) is 2.88. The first-order chi connectivity index (χ1) is 8.34. The zero-order chi connectivity index (χ0) is 11.7. The molecule has 1 atom stereocenters. The molecule has 2 N–H and O–H groups in total. The van der Waals surface area contributed by atoms with Crippen molar-refractivity contribution in [1.82, 2.24) is 15.5 Å². The molecule has 0 spiro atoms. The van der Waals surface area contributed by atoms with E-state index in [2.05, 4.69) is 15.5 Å². The number of amides is 1. The summed E-state index contributed by atoms with van der Waals surface area (Å²) in [5.74, 6) is 0.483. The number of ether oxygens (including phenoxy) is 1. The van der Waals surface area contributed by atoms with E-state index in [1.54, 1.807) is 6.20 Å². The third-order valence-corrected chi connectivity index (χ3v) is 3.43. The molecule has 17 heavy (non-hydrogen) atoms. The molecule has 2 aliphatic rings. The molecule has 5 nitrogen and oxygen atoms in total. The largest absolute Gasteiger partial charge is 0.376 e. The molecule has 1 amide bonds. The quantitative estimate of drug-likeness (QED) is 0.824. The van der Waals surface area contributed by atoms with E-state index >= 15 is 0 Å². The van der Waals surface area contributed by atoms with E-state index in [4.69, 9.17) is 4.74 Å². The Bertz CT molecular complexity index is 406. The van der Waals surface area contributed by atoms with Crippen LogP contribution in [-0.2, 0) is 4.74 Å². The molecule has 1 aromatic rings. The Hall–Kier alpha value is -1.36. The molecular weight excluding hydrogens is 218 g/mol. The monoisotopic (exact) mass is 235 g/mol. The summed E-state index contributed by atoms with van der Waals surface area (Å²) in [6.07, 6.45) is 6.44. The molecule has 1 aliphatic heterocycles. The minimum atomic E-state index is -0.0556. The number of rotatable bonds is 4. The molecule has 1 aliphatic carbocycles. The predicted octanol–water partition coefficient (Wildman–Crippen LogP) is 1.20. The van der Waals surface area contributed by atoms with Crippen LogP contribution < -0.4 is 5.32 Å². The lowest BCUT2D eigenvalue weighted by atomic mass is 10.1. The summed E-state index contributed by atoms with van der Waals surface area (Å²) in [7, 11) is 0. The zero-order valence-corrected chi connectivity index (χ0v) is 9.74. The summed E-state index contributed by atoms with van der Waals surface area (Å²) >= 11 is 0. The SMILES string of the molecule is O=C(NCC1CCCO1)c1[nH]ncc1C1CC1. The first-order valence-electron chi connectivity index (χ1n) is 6.27. The van der Waals surface area contributed by atoms with Crippen molar-refractivity contribution in [2.75, 3.05) is 13.2 Å². The highest BCUT2D eigenvalue weighted by atomic mass is 16.5. The van der Waals surface area contributed by atoms with E-state index in [1.165, 1.54) is 12.8 Å². The minimum absolute atomic E-state index is 0.0556. The van der Waals surface area contributed by atoms with Gasteiger partial charge in [-0.1, -0.05) is 0 Å². The van der Waals surface area contributed by atoms with Gasteiger partial charge in [-0.15, -0.1) is 0 Å². The second-order valence-electron chi connectivity index (χ2n) is 4.82. The normalized spacial score (nSPS) is 23.9. The number of nitrogens with zero attached hydrogens (tertiary/aromatic N) is 1. The summed E-state index contributed by atoms with van der Waals surface area (Å²) in [4.78, 5) is 12.0. The van der Waals surface area contributed by atoms with Crippen LogP contribution in [-0.4, -0.2) is 35.4 Å². The van der Waals surface area contributed by atoms with E-state index in [-0.39, 0.29) is 12.0 Å². The summed E-state index contributed by atoms with van der Waals surface area (Å²) < 4.78 is 5.47. The molecule has 1 aromatic heterocycles. The maximum absolute atomic E-state index is 12.0. The van der Waals surface area contributed by atoms with Gasteiger partial charge < -0.3 is 10.1 Å². The highest BCUT2D eigenvalue weighted by molar-refractivity contribution is 5.93. The summed E-state index contributed by atoms with van der Waals surface area (Å²) in [6, 6.07) is 0. The van der Waals surface area contributed by atoms with Gasteiger partial charge in [-0.05, 0) is 31.6 Å². The Morgan fingerprint density at radius 2 is 2.41 bits per heavy atom. The molecule has 3 rings (SSSR count). The van der Waals surface area contributed by atoms with Gasteiger partial charge in [0.05, 0.1) is 12.3 Å². The van der Waals surface area contributed by atoms with E-state index in [9.17, 15) is 4.79 Å². The summed E-state index contributed by atoms with van der Waals surface area (Å²) in [6.45, 7) is 1.42. The first-order valence-corrected chi connectivity index (χ1v) is 6.27. The molecule has 1 saturated carbocycles. The van der Waals surface area contributed by atoms with Crippen molar-refractivity contribution in [3.05, 3.63) is 17.5 Å². The smallest absolute Gasteiger partial charge is 0.269 e. The van der Waals surface area contributed by atoms with Crippen LogP contribution in [0.15, 0.2) is 6.20 Å². The van der Waals surface area contributed by atoms with Gasteiger partial charge in [-0.2, -0.15) is 5.10 Å². The van der Waals surface area contributed by atoms with Crippen molar-refractivity contribution in [3.8, 4) is 0 Å². The van der Waals surface area contributed by atoms with Crippen LogP contribution in [0.25, 0.3) is 0 Å². The molecule has 2 heterocycles. The van der Waals surface area contributed by atoms with Gasteiger partial charge in [-0.3, -0.25) is 9.89 Å². The van der Waals surface area contributed by atoms with E-state index in [0.29, 0.717) is 18.2 Å². The van der Waals surface area contributed by atoms with Crippen LogP contribution in [0.5, 0.6) is 0 Å². The molecule has 2 fully saturated rings. The molecule has 0 aromatic carbocycles. The van der Waals surface area contributed by atoms with Crippen molar-refractivity contribution >= 4 is 5.91 Å². The van der Waals surface area contributed by atoms with Crippen LogP contribution in [0.4, 0.5) is 0 Å². The van der Waals surface area contributed by atoms with Gasteiger partial charge in [0.2, 0.25) is 0 Å². The van der Waals surface area contributed by atoms with Crippen molar-refractivity contribution in [2.24, 2.45) is 0 Å². The Kier molecular flexibility index (Phi) is 2.84. The van der Waals surface area contributed by atoms with Gasteiger partial charge in [0.25, 0.3) is 5.91 Å². The number of H-pyrrole nitrogens is 1.